The first-order chi connectivity index (χ1) is 8.04. The summed E-state index contributed by atoms with van der Waals surface area (Å²) in [5.41, 5.74) is -1.59. The smallest absolute Gasteiger partial charge is 0.300 e. The monoisotopic (exact) mass is 262 g/mol. The Morgan fingerprint density at radius 3 is 2.17 bits per heavy atom. The summed E-state index contributed by atoms with van der Waals surface area (Å²) in [7, 11) is 0. The molecule has 0 heterocycles. The normalized spacial score (nSPS) is 12.6. The third-order valence-corrected chi connectivity index (χ3v) is 2.75. The molecule has 18 heavy (non-hydrogen) atoms. The molecule has 0 saturated heterocycles. The topological polar surface area (TPSA) is 17.1 Å². The Bertz CT molecular complexity index is 461. The molecule has 0 aliphatic carbocycles. The second-order valence-electron chi connectivity index (χ2n) is 4.96. The third kappa shape index (κ3) is 3.31. The standard InChI is InChI=1S/C13H14F4O/c1-8(18)7-12(2,3)9-4-5-10(11(14)6-9)13(15,16)17/h4-6H,7H2,1-3H3. The number of rotatable bonds is 3. The largest absolute Gasteiger partial charge is 0.419 e. The number of carbonyl (C=O) groups is 1. The molecule has 0 aliphatic heterocycles. The summed E-state index contributed by atoms with van der Waals surface area (Å²) in [6.45, 7) is 4.77. The summed E-state index contributed by atoms with van der Waals surface area (Å²) in [6, 6.07) is 2.78. The first kappa shape index (κ1) is 14.7. The zero-order valence-electron chi connectivity index (χ0n) is 10.4. The van der Waals surface area contributed by atoms with Crippen LogP contribution in [0.2, 0.25) is 0 Å². The maximum atomic E-state index is 13.4. The molecule has 0 aliphatic rings. The Labute approximate surface area is 103 Å². The van der Waals surface area contributed by atoms with Crippen LogP contribution in [-0.2, 0) is 16.4 Å². The van der Waals surface area contributed by atoms with Crippen molar-refractivity contribution in [3.63, 3.8) is 0 Å². The fraction of sp³-hybridized carbons (Fsp3) is 0.462. The van der Waals surface area contributed by atoms with Crippen molar-refractivity contribution in [2.75, 3.05) is 0 Å². The predicted octanol–water partition coefficient (Wildman–Crippen LogP) is 4.10. The van der Waals surface area contributed by atoms with Crippen molar-refractivity contribution >= 4 is 5.78 Å². The number of Topliss-reactive ketones (excluding diaryl/α,β-unsaturated/α-hetero) is 1. The third-order valence-electron chi connectivity index (χ3n) is 2.75. The fourth-order valence-corrected chi connectivity index (χ4v) is 1.89. The number of benzene rings is 1. The summed E-state index contributed by atoms with van der Waals surface area (Å²) in [6.07, 6.45) is -4.55. The minimum absolute atomic E-state index is 0.0969. The summed E-state index contributed by atoms with van der Waals surface area (Å²) in [4.78, 5) is 11.1. The quantitative estimate of drug-likeness (QED) is 0.749. The average Bonchev–Trinajstić information content (AvgIpc) is 2.13. The van der Waals surface area contributed by atoms with Gasteiger partial charge in [-0.15, -0.1) is 0 Å². The first-order valence-electron chi connectivity index (χ1n) is 5.41. The number of hydrogen-bond acceptors (Lipinski definition) is 1. The number of hydrogen-bond donors (Lipinski definition) is 0. The van der Waals surface area contributed by atoms with Gasteiger partial charge in [0.25, 0.3) is 0 Å². The second kappa shape index (κ2) is 4.71. The second-order valence-corrected chi connectivity index (χ2v) is 4.96. The van der Waals surface area contributed by atoms with Gasteiger partial charge in [-0.25, -0.2) is 4.39 Å². The predicted molar refractivity (Wildman–Crippen MR) is 59.7 cm³/mol. The van der Waals surface area contributed by atoms with Gasteiger partial charge in [0, 0.05) is 6.42 Å². The molecular formula is C13H14F4O. The zero-order valence-corrected chi connectivity index (χ0v) is 10.4. The Kier molecular flexibility index (Phi) is 3.84. The lowest BCUT2D eigenvalue weighted by atomic mass is 9.80. The van der Waals surface area contributed by atoms with Crippen molar-refractivity contribution < 1.29 is 22.4 Å². The molecule has 1 aromatic rings. The molecule has 1 nitrogen and oxygen atoms in total. The van der Waals surface area contributed by atoms with Crippen LogP contribution < -0.4 is 0 Å². The average molecular weight is 262 g/mol. The van der Waals surface area contributed by atoms with Gasteiger partial charge in [-0.1, -0.05) is 19.9 Å². The molecule has 0 aromatic heterocycles. The van der Waals surface area contributed by atoms with E-state index in [4.69, 9.17) is 0 Å². The molecule has 0 bridgehead atoms. The van der Waals surface area contributed by atoms with Crippen molar-refractivity contribution in [1.29, 1.82) is 0 Å². The van der Waals surface area contributed by atoms with Gasteiger partial charge in [-0.3, -0.25) is 4.79 Å². The van der Waals surface area contributed by atoms with Crippen LogP contribution in [0.4, 0.5) is 17.6 Å². The van der Waals surface area contributed by atoms with Gasteiger partial charge in [0.2, 0.25) is 0 Å². The van der Waals surface area contributed by atoms with E-state index in [2.05, 4.69) is 0 Å². The zero-order chi connectivity index (χ0) is 14.1. The van der Waals surface area contributed by atoms with Crippen LogP contribution in [0.3, 0.4) is 0 Å². The Balaban J connectivity index is 3.15. The summed E-state index contributed by atoms with van der Waals surface area (Å²) < 4.78 is 50.6. The van der Waals surface area contributed by atoms with E-state index in [1.165, 1.54) is 13.0 Å². The fourth-order valence-electron chi connectivity index (χ4n) is 1.89. The van der Waals surface area contributed by atoms with Crippen LogP contribution in [0.25, 0.3) is 0 Å². The molecule has 0 unspecified atom stereocenters. The van der Waals surface area contributed by atoms with E-state index in [1.807, 2.05) is 0 Å². The minimum atomic E-state index is -4.70. The molecule has 0 saturated carbocycles. The van der Waals surface area contributed by atoms with Gasteiger partial charge in [0.15, 0.2) is 0 Å². The van der Waals surface area contributed by atoms with Gasteiger partial charge in [0.05, 0.1) is 5.56 Å². The van der Waals surface area contributed by atoms with Gasteiger partial charge >= 0.3 is 6.18 Å². The highest BCUT2D eigenvalue weighted by molar-refractivity contribution is 5.77. The van der Waals surface area contributed by atoms with Gasteiger partial charge in [-0.2, -0.15) is 13.2 Å². The van der Waals surface area contributed by atoms with Crippen molar-refractivity contribution in [2.45, 2.75) is 38.8 Å². The molecule has 0 fully saturated rings. The molecule has 0 atom stereocenters. The van der Waals surface area contributed by atoms with E-state index < -0.39 is 23.0 Å². The summed E-state index contributed by atoms with van der Waals surface area (Å²) in [5, 5.41) is 0. The molecule has 0 N–H and O–H groups in total. The van der Waals surface area contributed by atoms with Gasteiger partial charge in [0.1, 0.15) is 11.6 Å². The van der Waals surface area contributed by atoms with E-state index in [0.29, 0.717) is 11.6 Å². The lowest BCUT2D eigenvalue weighted by Gasteiger charge is -2.24. The van der Waals surface area contributed by atoms with Crippen molar-refractivity contribution in [2.24, 2.45) is 0 Å². The lowest BCUT2D eigenvalue weighted by Crippen LogP contribution is -2.21. The molecule has 100 valence electrons. The van der Waals surface area contributed by atoms with Gasteiger partial charge in [-0.05, 0) is 30.0 Å². The molecule has 0 amide bonds. The molecule has 1 rings (SSSR count). The van der Waals surface area contributed by atoms with E-state index >= 15 is 0 Å². The Hall–Kier alpha value is -1.39. The molecule has 1 aromatic carbocycles. The van der Waals surface area contributed by atoms with Crippen LogP contribution in [0.1, 0.15) is 38.3 Å². The van der Waals surface area contributed by atoms with Gasteiger partial charge < -0.3 is 0 Å². The first-order valence-corrected chi connectivity index (χ1v) is 5.41. The Morgan fingerprint density at radius 2 is 1.78 bits per heavy atom. The van der Waals surface area contributed by atoms with Crippen molar-refractivity contribution in [1.82, 2.24) is 0 Å². The highest BCUT2D eigenvalue weighted by Crippen LogP contribution is 2.34. The molecule has 0 spiro atoms. The Morgan fingerprint density at radius 1 is 1.22 bits per heavy atom. The van der Waals surface area contributed by atoms with Crippen molar-refractivity contribution in [3.8, 4) is 0 Å². The molecule has 0 radical (unpaired) electrons. The number of alkyl halides is 3. The number of halogens is 4. The van der Waals surface area contributed by atoms with Crippen LogP contribution in [0, 0.1) is 5.82 Å². The SMILES string of the molecule is CC(=O)CC(C)(C)c1ccc(C(F)(F)F)c(F)c1. The minimum Gasteiger partial charge on any atom is -0.300 e. The van der Waals surface area contributed by atoms with E-state index in [1.54, 1.807) is 13.8 Å². The highest BCUT2D eigenvalue weighted by Gasteiger charge is 2.35. The van der Waals surface area contributed by atoms with Crippen LogP contribution >= 0.6 is 0 Å². The van der Waals surface area contributed by atoms with Crippen LogP contribution in [-0.4, -0.2) is 5.78 Å². The maximum absolute atomic E-state index is 13.4. The molecular weight excluding hydrogens is 248 g/mol. The van der Waals surface area contributed by atoms with E-state index in [-0.39, 0.29) is 12.2 Å². The van der Waals surface area contributed by atoms with Crippen molar-refractivity contribution in [3.05, 3.63) is 35.1 Å². The van der Waals surface area contributed by atoms with Crippen LogP contribution in [0.5, 0.6) is 0 Å². The van der Waals surface area contributed by atoms with Crippen LogP contribution in [0.15, 0.2) is 18.2 Å². The maximum Gasteiger partial charge on any atom is 0.419 e. The summed E-state index contributed by atoms with van der Waals surface area (Å²) in [5.74, 6) is -1.41. The number of ketones is 1. The lowest BCUT2D eigenvalue weighted by molar-refractivity contribution is -0.140. The highest BCUT2D eigenvalue weighted by atomic mass is 19.4. The van der Waals surface area contributed by atoms with E-state index in [0.717, 1.165) is 6.07 Å². The molecule has 5 heteroatoms. The van der Waals surface area contributed by atoms with E-state index in [9.17, 15) is 22.4 Å². The number of carbonyl (C=O) groups excluding carboxylic acids is 1. The summed E-state index contributed by atoms with van der Waals surface area (Å²) >= 11 is 0.